The number of benzene rings is 1. The standard InChI is InChI=1S/C14H21NO3S/c1-4-14(16)12-5-7-13(8-6-12)19(17,18)15-10-9-11(2)3/h5-8,11,15H,4,9-10H2,1-3H3. The summed E-state index contributed by atoms with van der Waals surface area (Å²) in [4.78, 5) is 11.7. The van der Waals surface area contributed by atoms with E-state index in [0.717, 1.165) is 6.42 Å². The predicted octanol–water partition coefficient (Wildman–Crippen LogP) is 2.60. The van der Waals surface area contributed by atoms with Crippen LogP contribution >= 0.6 is 0 Å². The van der Waals surface area contributed by atoms with Gasteiger partial charge in [0, 0.05) is 18.5 Å². The first-order valence-electron chi connectivity index (χ1n) is 6.49. The Balaban J connectivity index is 2.76. The van der Waals surface area contributed by atoms with E-state index in [1.165, 1.54) is 12.1 Å². The second-order valence-electron chi connectivity index (χ2n) is 4.88. The summed E-state index contributed by atoms with van der Waals surface area (Å²) in [7, 11) is -3.47. The fourth-order valence-corrected chi connectivity index (χ4v) is 2.64. The zero-order valence-corrected chi connectivity index (χ0v) is 12.5. The first-order valence-corrected chi connectivity index (χ1v) is 7.98. The molecule has 0 aliphatic heterocycles. The molecule has 19 heavy (non-hydrogen) atoms. The molecule has 0 aliphatic carbocycles. The molecule has 0 aliphatic rings. The largest absolute Gasteiger partial charge is 0.294 e. The van der Waals surface area contributed by atoms with E-state index in [0.29, 0.717) is 24.4 Å². The van der Waals surface area contributed by atoms with Gasteiger partial charge in [0.05, 0.1) is 4.90 Å². The summed E-state index contributed by atoms with van der Waals surface area (Å²) in [5.41, 5.74) is 0.545. The Morgan fingerprint density at radius 1 is 1.21 bits per heavy atom. The molecule has 1 N–H and O–H groups in total. The average molecular weight is 283 g/mol. The van der Waals surface area contributed by atoms with Crippen molar-refractivity contribution in [3.63, 3.8) is 0 Å². The molecule has 4 nitrogen and oxygen atoms in total. The third kappa shape index (κ3) is 4.76. The Labute approximate surface area is 115 Å². The molecular weight excluding hydrogens is 262 g/mol. The summed E-state index contributed by atoms with van der Waals surface area (Å²) < 4.78 is 26.5. The van der Waals surface area contributed by atoms with Crippen LogP contribution in [0.2, 0.25) is 0 Å². The van der Waals surface area contributed by atoms with E-state index in [4.69, 9.17) is 0 Å². The van der Waals surface area contributed by atoms with Crippen LogP contribution in [0.25, 0.3) is 0 Å². The topological polar surface area (TPSA) is 63.2 Å². The summed E-state index contributed by atoms with van der Waals surface area (Å²) in [5, 5.41) is 0. The molecule has 0 unspecified atom stereocenters. The summed E-state index contributed by atoms with van der Waals surface area (Å²) in [5.74, 6) is 0.462. The van der Waals surface area contributed by atoms with Gasteiger partial charge in [0.1, 0.15) is 0 Å². The van der Waals surface area contributed by atoms with Crippen LogP contribution in [0.1, 0.15) is 44.0 Å². The number of hydrogen-bond donors (Lipinski definition) is 1. The third-order valence-corrected chi connectivity index (χ3v) is 4.30. The van der Waals surface area contributed by atoms with Crippen molar-refractivity contribution in [2.75, 3.05) is 6.54 Å². The summed E-state index contributed by atoms with van der Waals surface area (Å²) >= 11 is 0. The van der Waals surface area contributed by atoms with Gasteiger partial charge in [-0.15, -0.1) is 0 Å². The van der Waals surface area contributed by atoms with Gasteiger partial charge in [-0.3, -0.25) is 4.79 Å². The summed E-state index contributed by atoms with van der Waals surface area (Å²) in [6.45, 7) is 6.29. The lowest BCUT2D eigenvalue weighted by Crippen LogP contribution is -2.25. The molecule has 0 radical (unpaired) electrons. The minimum Gasteiger partial charge on any atom is -0.294 e. The molecule has 0 saturated heterocycles. The van der Waals surface area contributed by atoms with Crippen LogP contribution in [0.3, 0.4) is 0 Å². The maximum Gasteiger partial charge on any atom is 0.240 e. The number of Topliss-reactive ketones (excluding diaryl/α,β-unsaturated/α-hetero) is 1. The fourth-order valence-electron chi connectivity index (χ4n) is 1.59. The smallest absolute Gasteiger partial charge is 0.240 e. The lowest BCUT2D eigenvalue weighted by atomic mass is 10.1. The molecule has 0 aromatic heterocycles. The van der Waals surface area contributed by atoms with E-state index < -0.39 is 10.0 Å². The minimum absolute atomic E-state index is 0.0108. The molecule has 0 atom stereocenters. The van der Waals surface area contributed by atoms with Crippen LogP contribution < -0.4 is 4.72 Å². The predicted molar refractivity (Wildman–Crippen MR) is 75.7 cm³/mol. The normalized spacial score (nSPS) is 11.8. The van der Waals surface area contributed by atoms with Gasteiger partial charge in [-0.2, -0.15) is 0 Å². The highest BCUT2D eigenvalue weighted by molar-refractivity contribution is 7.89. The van der Waals surface area contributed by atoms with Gasteiger partial charge in [0.2, 0.25) is 10.0 Å². The van der Waals surface area contributed by atoms with Crippen LogP contribution in [0.4, 0.5) is 0 Å². The number of rotatable bonds is 7. The molecule has 1 aromatic carbocycles. The number of carbonyl (C=O) groups is 1. The van der Waals surface area contributed by atoms with Crippen LogP contribution in [0.5, 0.6) is 0 Å². The molecule has 0 bridgehead atoms. The van der Waals surface area contributed by atoms with E-state index in [9.17, 15) is 13.2 Å². The van der Waals surface area contributed by atoms with E-state index in [1.807, 2.05) is 13.8 Å². The van der Waals surface area contributed by atoms with Crippen molar-refractivity contribution in [1.82, 2.24) is 4.72 Å². The third-order valence-electron chi connectivity index (χ3n) is 2.82. The molecule has 0 fully saturated rings. The van der Waals surface area contributed by atoms with Crippen molar-refractivity contribution in [2.24, 2.45) is 5.92 Å². The van der Waals surface area contributed by atoms with Gasteiger partial charge >= 0.3 is 0 Å². The average Bonchev–Trinajstić information content (AvgIpc) is 2.37. The highest BCUT2D eigenvalue weighted by Crippen LogP contribution is 2.12. The molecule has 106 valence electrons. The number of ketones is 1. The van der Waals surface area contributed by atoms with Crippen LogP contribution in [0, 0.1) is 5.92 Å². The molecule has 1 rings (SSSR count). The summed E-state index contributed by atoms with van der Waals surface area (Å²) in [6, 6.07) is 6.06. The van der Waals surface area contributed by atoms with Crippen molar-refractivity contribution in [3.05, 3.63) is 29.8 Å². The van der Waals surface area contributed by atoms with E-state index >= 15 is 0 Å². The van der Waals surface area contributed by atoms with Crippen molar-refractivity contribution in [3.8, 4) is 0 Å². The molecule has 5 heteroatoms. The van der Waals surface area contributed by atoms with Gasteiger partial charge in [-0.05, 0) is 24.5 Å². The number of hydrogen-bond acceptors (Lipinski definition) is 3. The second kappa shape index (κ2) is 6.82. The molecular formula is C14H21NO3S. The van der Waals surface area contributed by atoms with E-state index in [-0.39, 0.29) is 10.7 Å². The van der Waals surface area contributed by atoms with E-state index in [2.05, 4.69) is 4.72 Å². The first-order chi connectivity index (χ1) is 8.86. The van der Waals surface area contributed by atoms with Gasteiger partial charge < -0.3 is 0 Å². The molecule has 0 spiro atoms. The maximum atomic E-state index is 12.0. The van der Waals surface area contributed by atoms with Crippen molar-refractivity contribution >= 4 is 15.8 Å². The Bertz CT molecular complexity index is 518. The first kappa shape index (κ1) is 15.9. The van der Waals surface area contributed by atoms with Crippen molar-refractivity contribution < 1.29 is 13.2 Å². The summed E-state index contributed by atoms with van der Waals surface area (Å²) in [6.07, 6.45) is 1.21. The number of sulfonamides is 1. The highest BCUT2D eigenvalue weighted by Gasteiger charge is 2.14. The molecule has 0 heterocycles. The lowest BCUT2D eigenvalue weighted by molar-refractivity contribution is 0.0988. The van der Waals surface area contributed by atoms with Gasteiger partial charge in [0.15, 0.2) is 5.78 Å². The number of nitrogens with one attached hydrogen (secondary N) is 1. The van der Waals surface area contributed by atoms with Crippen LogP contribution in [-0.4, -0.2) is 20.7 Å². The van der Waals surface area contributed by atoms with Gasteiger partial charge in [0.25, 0.3) is 0 Å². The molecule has 0 saturated carbocycles. The quantitative estimate of drug-likeness (QED) is 0.782. The minimum atomic E-state index is -3.47. The van der Waals surface area contributed by atoms with Crippen LogP contribution in [-0.2, 0) is 10.0 Å². The van der Waals surface area contributed by atoms with Gasteiger partial charge in [-0.1, -0.05) is 32.9 Å². The Hall–Kier alpha value is -1.20. The second-order valence-corrected chi connectivity index (χ2v) is 6.65. The zero-order chi connectivity index (χ0) is 14.5. The monoisotopic (exact) mass is 283 g/mol. The molecule has 0 amide bonds. The Morgan fingerprint density at radius 3 is 2.26 bits per heavy atom. The van der Waals surface area contributed by atoms with Gasteiger partial charge in [-0.25, -0.2) is 13.1 Å². The Kier molecular flexibility index (Phi) is 5.69. The van der Waals surface area contributed by atoms with Crippen LogP contribution in [0.15, 0.2) is 29.2 Å². The Morgan fingerprint density at radius 2 is 1.79 bits per heavy atom. The maximum absolute atomic E-state index is 12.0. The number of carbonyl (C=O) groups excluding carboxylic acids is 1. The lowest BCUT2D eigenvalue weighted by Gasteiger charge is -2.08. The zero-order valence-electron chi connectivity index (χ0n) is 11.6. The van der Waals surface area contributed by atoms with Crippen molar-refractivity contribution in [2.45, 2.75) is 38.5 Å². The SMILES string of the molecule is CCC(=O)c1ccc(S(=O)(=O)NCCC(C)C)cc1. The molecule has 1 aromatic rings. The van der Waals surface area contributed by atoms with E-state index in [1.54, 1.807) is 19.1 Å². The highest BCUT2D eigenvalue weighted by atomic mass is 32.2. The van der Waals surface area contributed by atoms with Crippen molar-refractivity contribution in [1.29, 1.82) is 0 Å². The fraction of sp³-hybridized carbons (Fsp3) is 0.500.